The molecule has 0 saturated carbocycles. The molecule has 24 heavy (non-hydrogen) atoms. The highest BCUT2D eigenvalue weighted by Gasteiger charge is 2.16. The molecule has 1 heterocycles. The molecule has 0 spiro atoms. The fourth-order valence-corrected chi connectivity index (χ4v) is 1.78. The minimum atomic E-state index is -1.64. The van der Waals surface area contributed by atoms with Gasteiger partial charge in [-0.2, -0.15) is 0 Å². The van der Waals surface area contributed by atoms with Crippen LogP contribution in [0.3, 0.4) is 0 Å². The quantitative estimate of drug-likeness (QED) is 0.822. The zero-order valence-corrected chi connectivity index (χ0v) is 13.1. The van der Waals surface area contributed by atoms with Crippen molar-refractivity contribution in [3.63, 3.8) is 0 Å². The van der Waals surface area contributed by atoms with Crippen LogP contribution in [0, 0.1) is 17.5 Å². The second-order valence-electron chi connectivity index (χ2n) is 5.21. The summed E-state index contributed by atoms with van der Waals surface area (Å²) in [5.41, 5.74) is -0.306. The van der Waals surface area contributed by atoms with E-state index in [9.17, 15) is 18.0 Å². The van der Waals surface area contributed by atoms with Crippen LogP contribution in [0.1, 0.15) is 10.4 Å². The van der Waals surface area contributed by atoms with Crippen LogP contribution < -0.4 is 10.1 Å². The summed E-state index contributed by atoms with van der Waals surface area (Å²) in [6.45, 7) is 1.04. The van der Waals surface area contributed by atoms with Crippen molar-refractivity contribution >= 4 is 11.6 Å². The number of hydrogen-bond acceptors (Lipinski definition) is 4. The number of halogens is 3. The molecule has 1 aromatic heterocycles. The number of hydrogen-bond donors (Lipinski definition) is 1. The molecule has 0 radical (unpaired) electrons. The molecule has 1 amide bonds. The lowest BCUT2D eigenvalue weighted by atomic mass is 10.2. The number of nitrogens with zero attached hydrogens (tertiary/aromatic N) is 2. The molecule has 2 rings (SSSR count). The fraction of sp³-hybridized carbons (Fsp3) is 0.250. The van der Waals surface area contributed by atoms with Gasteiger partial charge in [0.05, 0.1) is 5.69 Å². The van der Waals surface area contributed by atoms with Gasteiger partial charge in [-0.15, -0.1) is 0 Å². The Morgan fingerprint density at radius 2 is 1.96 bits per heavy atom. The molecule has 1 N–H and O–H groups in total. The van der Waals surface area contributed by atoms with Crippen LogP contribution in [0.2, 0.25) is 0 Å². The van der Waals surface area contributed by atoms with E-state index in [1.54, 1.807) is 0 Å². The van der Waals surface area contributed by atoms with Crippen molar-refractivity contribution in [2.75, 3.05) is 32.6 Å². The van der Waals surface area contributed by atoms with Gasteiger partial charge in [0.2, 0.25) is 5.88 Å². The van der Waals surface area contributed by atoms with Gasteiger partial charge in [0.15, 0.2) is 17.5 Å². The Bertz CT molecular complexity index is 739. The number of ether oxygens (including phenoxy) is 1. The first-order valence-electron chi connectivity index (χ1n) is 7.07. The molecule has 0 aliphatic rings. The Hall–Kier alpha value is -2.61. The smallest absolute Gasteiger partial charge is 0.255 e. The maximum atomic E-state index is 13.6. The number of carbonyl (C=O) groups excluding carboxylic acids is 1. The molecular formula is C16H16F3N3O2. The van der Waals surface area contributed by atoms with Crippen LogP contribution >= 0.6 is 0 Å². The number of rotatable bonds is 6. The van der Waals surface area contributed by atoms with Crippen LogP contribution in [0.4, 0.5) is 18.9 Å². The van der Waals surface area contributed by atoms with Gasteiger partial charge in [0.25, 0.3) is 5.91 Å². The maximum absolute atomic E-state index is 13.6. The predicted molar refractivity (Wildman–Crippen MR) is 82.6 cm³/mol. The minimum absolute atomic E-state index is 0.147. The number of amides is 1. The number of nitrogens with one attached hydrogen (secondary N) is 1. The third-order valence-electron chi connectivity index (χ3n) is 3.07. The van der Waals surface area contributed by atoms with E-state index >= 15 is 0 Å². The Kier molecular flexibility index (Phi) is 5.75. The standard InChI is InChI=1S/C16H16F3N3O2/c1-22(2)7-8-24-13-9-10(5-6-20-13)16(23)21-12-4-3-11(17)14(18)15(12)19/h3-6,9H,7-8H2,1-2H3,(H,21,23). The lowest BCUT2D eigenvalue weighted by molar-refractivity contribution is 0.102. The topological polar surface area (TPSA) is 54.5 Å². The van der Waals surface area contributed by atoms with Crippen molar-refractivity contribution in [2.24, 2.45) is 0 Å². The Labute approximate surface area is 137 Å². The van der Waals surface area contributed by atoms with Gasteiger partial charge in [0, 0.05) is 24.4 Å². The van der Waals surface area contributed by atoms with Crippen LogP contribution in [0.15, 0.2) is 30.5 Å². The Morgan fingerprint density at radius 3 is 2.67 bits per heavy atom. The van der Waals surface area contributed by atoms with Gasteiger partial charge in [-0.25, -0.2) is 18.2 Å². The second kappa shape index (κ2) is 7.78. The third-order valence-corrected chi connectivity index (χ3v) is 3.07. The molecule has 0 aliphatic carbocycles. The van der Waals surface area contributed by atoms with Crippen molar-refractivity contribution in [3.8, 4) is 5.88 Å². The van der Waals surface area contributed by atoms with Gasteiger partial charge in [-0.3, -0.25) is 4.79 Å². The molecule has 128 valence electrons. The van der Waals surface area contributed by atoms with Crippen molar-refractivity contribution in [1.29, 1.82) is 0 Å². The van der Waals surface area contributed by atoms with Gasteiger partial charge in [0.1, 0.15) is 6.61 Å². The highest BCUT2D eigenvalue weighted by molar-refractivity contribution is 6.04. The zero-order chi connectivity index (χ0) is 17.7. The fourth-order valence-electron chi connectivity index (χ4n) is 1.78. The number of benzene rings is 1. The van der Waals surface area contributed by atoms with Gasteiger partial charge in [-0.05, 0) is 32.3 Å². The lowest BCUT2D eigenvalue weighted by Gasteiger charge is -2.11. The first kappa shape index (κ1) is 17.7. The molecule has 1 aromatic carbocycles. The zero-order valence-electron chi connectivity index (χ0n) is 13.1. The van der Waals surface area contributed by atoms with E-state index in [1.165, 1.54) is 18.3 Å². The largest absolute Gasteiger partial charge is 0.476 e. The van der Waals surface area contributed by atoms with Crippen LogP contribution in [-0.4, -0.2) is 43.0 Å². The highest BCUT2D eigenvalue weighted by Crippen LogP contribution is 2.20. The SMILES string of the molecule is CN(C)CCOc1cc(C(=O)Nc2ccc(F)c(F)c2F)ccn1. The summed E-state index contributed by atoms with van der Waals surface area (Å²) in [4.78, 5) is 18.0. The maximum Gasteiger partial charge on any atom is 0.255 e. The summed E-state index contributed by atoms with van der Waals surface area (Å²) in [5.74, 6) is -4.89. The molecule has 2 aromatic rings. The normalized spacial score (nSPS) is 10.8. The summed E-state index contributed by atoms with van der Waals surface area (Å²) in [5, 5.41) is 2.18. The molecular weight excluding hydrogens is 323 g/mol. The van der Waals surface area contributed by atoms with E-state index in [-0.39, 0.29) is 11.4 Å². The number of aromatic nitrogens is 1. The average Bonchev–Trinajstić information content (AvgIpc) is 2.55. The Morgan fingerprint density at radius 1 is 1.21 bits per heavy atom. The van der Waals surface area contributed by atoms with Crippen LogP contribution in [-0.2, 0) is 0 Å². The minimum Gasteiger partial charge on any atom is -0.476 e. The molecule has 0 bridgehead atoms. The van der Waals surface area contributed by atoms with E-state index in [0.29, 0.717) is 13.2 Å². The van der Waals surface area contributed by atoms with E-state index in [1.807, 2.05) is 19.0 Å². The molecule has 0 aliphatic heterocycles. The predicted octanol–water partition coefficient (Wildman–Crippen LogP) is 2.69. The summed E-state index contributed by atoms with van der Waals surface area (Å²) in [7, 11) is 3.77. The van der Waals surface area contributed by atoms with Crippen molar-refractivity contribution in [1.82, 2.24) is 9.88 Å². The summed E-state index contributed by atoms with van der Waals surface area (Å²) in [6.07, 6.45) is 1.36. The molecule has 0 fully saturated rings. The first-order valence-corrected chi connectivity index (χ1v) is 7.07. The number of carbonyl (C=O) groups is 1. The van der Waals surface area contributed by atoms with Crippen LogP contribution in [0.25, 0.3) is 0 Å². The Balaban J connectivity index is 2.09. The monoisotopic (exact) mass is 339 g/mol. The van der Waals surface area contributed by atoms with E-state index < -0.39 is 29.0 Å². The molecule has 0 atom stereocenters. The third kappa shape index (κ3) is 4.45. The molecule has 8 heteroatoms. The van der Waals surface area contributed by atoms with Gasteiger partial charge in [-0.1, -0.05) is 0 Å². The summed E-state index contributed by atoms with van der Waals surface area (Å²) < 4.78 is 45.1. The van der Waals surface area contributed by atoms with Gasteiger partial charge < -0.3 is 15.0 Å². The highest BCUT2D eigenvalue weighted by atomic mass is 19.2. The molecule has 0 unspecified atom stereocenters. The van der Waals surface area contributed by atoms with E-state index in [0.717, 1.165) is 12.1 Å². The molecule has 5 nitrogen and oxygen atoms in total. The lowest BCUT2D eigenvalue weighted by Crippen LogP contribution is -2.20. The second-order valence-corrected chi connectivity index (χ2v) is 5.21. The van der Waals surface area contributed by atoms with Crippen molar-refractivity contribution in [3.05, 3.63) is 53.5 Å². The van der Waals surface area contributed by atoms with E-state index in [4.69, 9.17) is 4.74 Å². The van der Waals surface area contributed by atoms with Crippen LogP contribution in [0.5, 0.6) is 5.88 Å². The number of pyridine rings is 1. The molecule has 0 saturated heterocycles. The van der Waals surface area contributed by atoms with E-state index in [2.05, 4.69) is 10.3 Å². The summed E-state index contributed by atoms with van der Waals surface area (Å²) >= 11 is 0. The van der Waals surface area contributed by atoms with Gasteiger partial charge >= 0.3 is 0 Å². The van der Waals surface area contributed by atoms with Crippen molar-refractivity contribution < 1.29 is 22.7 Å². The number of likely N-dealkylation sites (N-methyl/N-ethyl adjacent to an activating group) is 1. The average molecular weight is 339 g/mol. The summed E-state index contributed by atoms with van der Waals surface area (Å²) in [6, 6.07) is 4.45. The first-order chi connectivity index (χ1) is 11.4. The number of anilines is 1. The van der Waals surface area contributed by atoms with Crippen molar-refractivity contribution in [2.45, 2.75) is 0 Å².